The number of carbonyl (C=O) groups excluding carboxylic acids is 1. The van der Waals surface area contributed by atoms with Gasteiger partial charge >= 0.3 is 0 Å². The first-order valence-electron chi connectivity index (χ1n) is 7.14. The standard InChI is InChI=1S/C15H20N2O3S/c1-11-3-5-12(6-4-11)13-16-15(7-8-15)14(18)17(13)9-10-21(2,19)20/h3-6,13,16H,7-10H2,1-2H3. The molecule has 2 fully saturated rings. The molecule has 3 rings (SSSR count). The summed E-state index contributed by atoms with van der Waals surface area (Å²) in [6, 6.07) is 8.01. The van der Waals surface area contributed by atoms with E-state index in [1.807, 2.05) is 31.2 Å². The fourth-order valence-electron chi connectivity index (χ4n) is 2.78. The SMILES string of the molecule is Cc1ccc(C2NC3(CC3)C(=O)N2CCS(C)(=O)=O)cc1. The lowest BCUT2D eigenvalue weighted by Gasteiger charge is -2.24. The van der Waals surface area contributed by atoms with Gasteiger partial charge in [-0.05, 0) is 25.3 Å². The molecule has 1 aromatic carbocycles. The smallest absolute Gasteiger partial charge is 0.244 e. The first kappa shape index (κ1) is 14.5. The average molecular weight is 308 g/mol. The average Bonchev–Trinajstić information content (AvgIpc) is 3.12. The Balaban J connectivity index is 1.86. The summed E-state index contributed by atoms with van der Waals surface area (Å²) in [5.74, 6) is 0.0375. The molecule has 1 amide bonds. The molecule has 6 heteroatoms. The van der Waals surface area contributed by atoms with Crippen LogP contribution in [0.15, 0.2) is 24.3 Å². The van der Waals surface area contributed by atoms with E-state index in [-0.39, 0.29) is 24.4 Å². The Morgan fingerprint density at radius 2 is 1.90 bits per heavy atom. The highest BCUT2D eigenvalue weighted by Crippen LogP contribution is 2.45. The minimum Gasteiger partial charge on any atom is -0.320 e. The van der Waals surface area contributed by atoms with E-state index in [1.54, 1.807) is 4.90 Å². The lowest BCUT2D eigenvalue weighted by Crippen LogP contribution is -2.35. The fourth-order valence-corrected chi connectivity index (χ4v) is 3.31. The van der Waals surface area contributed by atoms with Crippen molar-refractivity contribution in [3.8, 4) is 0 Å². The van der Waals surface area contributed by atoms with Gasteiger partial charge in [0.05, 0.1) is 5.75 Å². The normalized spacial score (nSPS) is 23.8. The minimum absolute atomic E-state index is 0.00113. The molecular weight excluding hydrogens is 288 g/mol. The van der Waals surface area contributed by atoms with Crippen molar-refractivity contribution in [1.82, 2.24) is 10.2 Å². The number of hydrogen-bond acceptors (Lipinski definition) is 4. The van der Waals surface area contributed by atoms with Gasteiger partial charge in [0, 0.05) is 12.8 Å². The van der Waals surface area contributed by atoms with E-state index >= 15 is 0 Å². The van der Waals surface area contributed by atoms with Crippen molar-refractivity contribution in [3.63, 3.8) is 0 Å². The highest BCUT2D eigenvalue weighted by Gasteiger charge is 2.59. The van der Waals surface area contributed by atoms with E-state index in [2.05, 4.69) is 5.32 Å². The van der Waals surface area contributed by atoms with Crippen LogP contribution in [0.2, 0.25) is 0 Å². The Bertz CT molecular complexity index is 663. The second-order valence-electron chi connectivity index (χ2n) is 6.17. The molecular formula is C15H20N2O3S. The number of benzene rings is 1. The van der Waals surface area contributed by atoms with Crippen molar-refractivity contribution < 1.29 is 13.2 Å². The predicted molar refractivity (Wildman–Crippen MR) is 80.4 cm³/mol. The van der Waals surface area contributed by atoms with Crippen LogP contribution in [0.3, 0.4) is 0 Å². The van der Waals surface area contributed by atoms with Gasteiger partial charge in [0.25, 0.3) is 0 Å². The monoisotopic (exact) mass is 308 g/mol. The van der Waals surface area contributed by atoms with Crippen LogP contribution in [-0.4, -0.2) is 43.3 Å². The second kappa shape index (κ2) is 4.81. The Hall–Kier alpha value is -1.40. The third-order valence-corrected chi connectivity index (χ3v) is 5.17. The first-order chi connectivity index (χ1) is 9.81. The molecule has 1 atom stereocenters. The maximum Gasteiger partial charge on any atom is 0.244 e. The van der Waals surface area contributed by atoms with E-state index in [0.717, 1.165) is 24.0 Å². The summed E-state index contributed by atoms with van der Waals surface area (Å²) in [6.07, 6.45) is 2.66. The highest BCUT2D eigenvalue weighted by atomic mass is 32.2. The highest BCUT2D eigenvalue weighted by molar-refractivity contribution is 7.90. The molecule has 1 aromatic rings. The summed E-state index contributed by atoms with van der Waals surface area (Å²) >= 11 is 0. The molecule has 21 heavy (non-hydrogen) atoms. The Morgan fingerprint density at radius 1 is 1.29 bits per heavy atom. The third kappa shape index (κ3) is 2.82. The van der Waals surface area contributed by atoms with Crippen LogP contribution in [0, 0.1) is 6.92 Å². The van der Waals surface area contributed by atoms with Gasteiger partial charge < -0.3 is 4.90 Å². The van der Waals surface area contributed by atoms with E-state index in [9.17, 15) is 13.2 Å². The van der Waals surface area contributed by atoms with Gasteiger partial charge in [0.2, 0.25) is 5.91 Å². The maximum atomic E-state index is 12.5. The number of amides is 1. The number of carbonyl (C=O) groups is 1. The predicted octanol–water partition coefficient (Wildman–Crippen LogP) is 1.00. The topological polar surface area (TPSA) is 66.5 Å². The van der Waals surface area contributed by atoms with Gasteiger partial charge in [0.1, 0.15) is 21.5 Å². The molecule has 1 aliphatic carbocycles. The summed E-state index contributed by atoms with van der Waals surface area (Å²) < 4.78 is 22.8. The molecule has 0 aromatic heterocycles. The van der Waals surface area contributed by atoms with E-state index in [0.29, 0.717) is 0 Å². The van der Waals surface area contributed by atoms with Crippen molar-refractivity contribution in [3.05, 3.63) is 35.4 Å². The fraction of sp³-hybridized carbons (Fsp3) is 0.533. The summed E-state index contributed by atoms with van der Waals surface area (Å²) in [4.78, 5) is 14.2. The zero-order valence-electron chi connectivity index (χ0n) is 12.3. The van der Waals surface area contributed by atoms with Crippen LogP contribution in [0.1, 0.15) is 30.1 Å². The molecule has 5 nitrogen and oxygen atoms in total. The Kier molecular flexibility index (Phi) is 3.33. The Morgan fingerprint density at radius 3 is 2.43 bits per heavy atom. The van der Waals surface area contributed by atoms with Crippen LogP contribution < -0.4 is 5.32 Å². The number of nitrogens with zero attached hydrogens (tertiary/aromatic N) is 1. The van der Waals surface area contributed by atoms with Crippen LogP contribution >= 0.6 is 0 Å². The van der Waals surface area contributed by atoms with Crippen molar-refractivity contribution in [2.24, 2.45) is 0 Å². The van der Waals surface area contributed by atoms with Gasteiger partial charge in [0.15, 0.2) is 0 Å². The van der Waals surface area contributed by atoms with Crippen molar-refractivity contribution in [1.29, 1.82) is 0 Å². The summed E-state index contributed by atoms with van der Waals surface area (Å²) in [5.41, 5.74) is 1.73. The number of rotatable bonds is 4. The van der Waals surface area contributed by atoms with Gasteiger partial charge in [-0.3, -0.25) is 10.1 Å². The molecule has 0 bridgehead atoms. The summed E-state index contributed by atoms with van der Waals surface area (Å²) in [5, 5.41) is 3.39. The lowest BCUT2D eigenvalue weighted by atomic mass is 10.1. The van der Waals surface area contributed by atoms with Crippen LogP contribution in [0.5, 0.6) is 0 Å². The molecule has 1 saturated carbocycles. The first-order valence-corrected chi connectivity index (χ1v) is 9.20. The van der Waals surface area contributed by atoms with Crippen molar-refractivity contribution >= 4 is 15.7 Å². The number of hydrogen-bond donors (Lipinski definition) is 1. The molecule has 2 aliphatic rings. The van der Waals surface area contributed by atoms with Crippen LogP contribution in [0.25, 0.3) is 0 Å². The molecule has 1 N–H and O–H groups in total. The van der Waals surface area contributed by atoms with Crippen LogP contribution in [-0.2, 0) is 14.6 Å². The number of aryl methyl sites for hydroxylation is 1. The zero-order chi connectivity index (χ0) is 15.3. The zero-order valence-corrected chi connectivity index (χ0v) is 13.1. The quantitative estimate of drug-likeness (QED) is 0.901. The van der Waals surface area contributed by atoms with Crippen molar-refractivity contribution in [2.45, 2.75) is 31.5 Å². The van der Waals surface area contributed by atoms with Gasteiger partial charge in [-0.2, -0.15) is 0 Å². The van der Waals surface area contributed by atoms with Gasteiger partial charge in [-0.15, -0.1) is 0 Å². The summed E-state index contributed by atoms with van der Waals surface area (Å²) in [6.45, 7) is 2.26. The second-order valence-corrected chi connectivity index (χ2v) is 8.43. The number of sulfone groups is 1. The molecule has 1 aliphatic heterocycles. The van der Waals surface area contributed by atoms with Crippen molar-refractivity contribution in [2.75, 3.05) is 18.6 Å². The molecule has 1 unspecified atom stereocenters. The molecule has 1 heterocycles. The maximum absolute atomic E-state index is 12.5. The third-order valence-electron chi connectivity index (χ3n) is 4.24. The minimum atomic E-state index is -3.09. The molecule has 114 valence electrons. The van der Waals surface area contributed by atoms with Gasteiger partial charge in [-0.1, -0.05) is 29.8 Å². The molecule has 0 radical (unpaired) electrons. The Labute approximate surface area is 125 Å². The van der Waals surface area contributed by atoms with Crippen LogP contribution in [0.4, 0.5) is 0 Å². The summed E-state index contributed by atoms with van der Waals surface area (Å²) in [7, 11) is -3.09. The number of nitrogens with one attached hydrogen (secondary N) is 1. The molecule has 1 spiro atoms. The van der Waals surface area contributed by atoms with E-state index < -0.39 is 15.4 Å². The lowest BCUT2D eigenvalue weighted by molar-refractivity contribution is -0.130. The largest absolute Gasteiger partial charge is 0.320 e. The van der Waals surface area contributed by atoms with E-state index in [1.165, 1.54) is 6.26 Å². The molecule has 1 saturated heterocycles. The van der Waals surface area contributed by atoms with Gasteiger partial charge in [-0.25, -0.2) is 8.42 Å². The van der Waals surface area contributed by atoms with E-state index in [4.69, 9.17) is 0 Å².